The SMILES string of the molecule is Cc1cc(CC(=O)CN2CCNCC2)ccc1F. The molecule has 3 nitrogen and oxygen atoms in total. The van der Waals surface area contributed by atoms with E-state index >= 15 is 0 Å². The highest BCUT2D eigenvalue weighted by atomic mass is 19.1. The average Bonchev–Trinajstić information content (AvgIpc) is 2.35. The van der Waals surface area contributed by atoms with Gasteiger partial charge in [-0.2, -0.15) is 0 Å². The Morgan fingerprint density at radius 2 is 2.11 bits per heavy atom. The minimum atomic E-state index is -0.215. The molecule has 2 rings (SSSR count). The molecule has 1 aromatic rings. The summed E-state index contributed by atoms with van der Waals surface area (Å²) < 4.78 is 13.1. The fourth-order valence-electron chi connectivity index (χ4n) is 2.22. The summed E-state index contributed by atoms with van der Waals surface area (Å²) in [4.78, 5) is 14.1. The van der Waals surface area contributed by atoms with Crippen LogP contribution in [0.2, 0.25) is 0 Å². The lowest BCUT2D eigenvalue weighted by Gasteiger charge is -2.26. The van der Waals surface area contributed by atoms with Crippen LogP contribution in [0.15, 0.2) is 18.2 Å². The van der Waals surface area contributed by atoms with Gasteiger partial charge in [-0.1, -0.05) is 12.1 Å². The fourth-order valence-corrected chi connectivity index (χ4v) is 2.22. The van der Waals surface area contributed by atoms with Crippen LogP contribution in [-0.2, 0) is 11.2 Å². The number of nitrogens with zero attached hydrogens (tertiary/aromatic N) is 1. The molecule has 0 unspecified atom stereocenters. The van der Waals surface area contributed by atoms with Crippen molar-refractivity contribution in [2.45, 2.75) is 13.3 Å². The van der Waals surface area contributed by atoms with Gasteiger partial charge < -0.3 is 5.32 Å². The highest BCUT2D eigenvalue weighted by Crippen LogP contribution is 2.10. The molecule has 0 spiro atoms. The van der Waals surface area contributed by atoms with E-state index in [4.69, 9.17) is 0 Å². The van der Waals surface area contributed by atoms with Crippen LogP contribution in [0.3, 0.4) is 0 Å². The van der Waals surface area contributed by atoms with E-state index < -0.39 is 0 Å². The van der Waals surface area contributed by atoms with E-state index in [1.807, 2.05) is 0 Å². The summed E-state index contributed by atoms with van der Waals surface area (Å²) in [5.74, 6) is -0.0174. The number of benzene rings is 1. The molecule has 98 valence electrons. The van der Waals surface area contributed by atoms with E-state index in [0.29, 0.717) is 18.5 Å². The predicted octanol–water partition coefficient (Wildman–Crippen LogP) is 1.15. The van der Waals surface area contributed by atoms with Crippen LogP contribution >= 0.6 is 0 Å². The van der Waals surface area contributed by atoms with Crippen molar-refractivity contribution in [3.05, 3.63) is 35.1 Å². The zero-order valence-electron chi connectivity index (χ0n) is 10.7. The Hall–Kier alpha value is -1.26. The maximum Gasteiger partial charge on any atom is 0.151 e. The zero-order valence-corrected chi connectivity index (χ0v) is 10.7. The van der Waals surface area contributed by atoms with Gasteiger partial charge in [-0.05, 0) is 24.1 Å². The van der Waals surface area contributed by atoms with Gasteiger partial charge in [0.1, 0.15) is 5.82 Å². The standard InChI is InChI=1S/C14H19FN2O/c1-11-8-12(2-3-14(11)15)9-13(18)10-17-6-4-16-5-7-17/h2-3,8,16H,4-7,9-10H2,1H3. The van der Waals surface area contributed by atoms with Gasteiger partial charge >= 0.3 is 0 Å². The molecule has 0 aliphatic carbocycles. The molecule has 4 heteroatoms. The molecule has 1 heterocycles. The number of rotatable bonds is 4. The highest BCUT2D eigenvalue weighted by molar-refractivity contribution is 5.82. The second kappa shape index (κ2) is 6.07. The lowest BCUT2D eigenvalue weighted by molar-refractivity contribution is -0.119. The van der Waals surface area contributed by atoms with Crippen molar-refractivity contribution in [3.63, 3.8) is 0 Å². The molecule has 0 saturated carbocycles. The van der Waals surface area contributed by atoms with Gasteiger partial charge in [0.05, 0.1) is 6.54 Å². The monoisotopic (exact) mass is 250 g/mol. The van der Waals surface area contributed by atoms with E-state index in [0.717, 1.165) is 31.7 Å². The molecule has 1 N–H and O–H groups in total. The maximum absolute atomic E-state index is 13.1. The lowest BCUT2D eigenvalue weighted by atomic mass is 10.1. The van der Waals surface area contributed by atoms with Gasteiger partial charge in [0, 0.05) is 32.6 Å². The summed E-state index contributed by atoms with van der Waals surface area (Å²) in [6.07, 6.45) is 0.394. The van der Waals surface area contributed by atoms with Crippen molar-refractivity contribution < 1.29 is 9.18 Å². The van der Waals surface area contributed by atoms with Gasteiger partial charge in [-0.25, -0.2) is 4.39 Å². The quantitative estimate of drug-likeness (QED) is 0.870. The maximum atomic E-state index is 13.1. The Labute approximate surface area is 107 Å². The van der Waals surface area contributed by atoms with E-state index in [1.54, 1.807) is 19.1 Å². The van der Waals surface area contributed by atoms with Crippen molar-refractivity contribution in [2.24, 2.45) is 0 Å². The Kier molecular flexibility index (Phi) is 4.44. The third-order valence-electron chi connectivity index (χ3n) is 3.23. The van der Waals surface area contributed by atoms with Crippen LogP contribution < -0.4 is 5.32 Å². The van der Waals surface area contributed by atoms with Crippen LogP contribution in [0, 0.1) is 12.7 Å². The van der Waals surface area contributed by atoms with Gasteiger partial charge in [0.2, 0.25) is 0 Å². The number of piperazine rings is 1. The Morgan fingerprint density at radius 1 is 1.39 bits per heavy atom. The topological polar surface area (TPSA) is 32.3 Å². The van der Waals surface area contributed by atoms with Crippen molar-refractivity contribution in [1.82, 2.24) is 10.2 Å². The van der Waals surface area contributed by atoms with Gasteiger partial charge in [0.25, 0.3) is 0 Å². The van der Waals surface area contributed by atoms with Gasteiger partial charge in [-0.15, -0.1) is 0 Å². The molecular weight excluding hydrogens is 231 g/mol. The van der Waals surface area contributed by atoms with Gasteiger partial charge in [0.15, 0.2) is 5.78 Å². The molecule has 1 saturated heterocycles. The summed E-state index contributed by atoms with van der Waals surface area (Å²) in [5.41, 5.74) is 1.50. The molecule has 1 aromatic carbocycles. The number of nitrogens with one attached hydrogen (secondary N) is 1. The summed E-state index contributed by atoms with van der Waals surface area (Å²) >= 11 is 0. The first kappa shape index (κ1) is 13.2. The fraction of sp³-hybridized carbons (Fsp3) is 0.500. The highest BCUT2D eigenvalue weighted by Gasteiger charge is 2.14. The second-order valence-electron chi connectivity index (χ2n) is 4.83. The summed E-state index contributed by atoms with van der Waals surface area (Å²) in [7, 11) is 0. The van der Waals surface area contributed by atoms with Crippen molar-refractivity contribution >= 4 is 5.78 Å². The molecule has 0 atom stereocenters. The molecule has 1 aliphatic heterocycles. The molecule has 18 heavy (non-hydrogen) atoms. The average molecular weight is 250 g/mol. The van der Waals surface area contributed by atoms with Crippen LogP contribution in [0.5, 0.6) is 0 Å². The number of carbonyl (C=O) groups excluding carboxylic acids is 1. The molecule has 0 amide bonds. The Bertz CT molecular complexity index is 428. The molecular formula is C14H19FN2O. The second-order valence-corrected chi connectivity index (χ2v) is 4.83. The third kappa shape index (κ3) is 3.62. The molecule has 1 fully saturated rings. The third-order valence-corrected chi connectivity index (χ3v) is 3.23. The summed E-state index contributed by atoms with van der Waals surface area (Å²) in [5, 5.41) is 3.26. The first-order valence-corrected chi connectivity index (χ1v) is 6.35. The molecule has 1 aliphatic rings. The number of ketones is 1. The Balaban J connectivity index is 1.88. The Morgan fingerprint density at radius 3 is 2.78 bits per heavy atom. The smallest absolute Gasteiger partial charge is 0.151 e. The van der Waals surface area contributed by atoms with Crippen LogP contribution in [-0.4, -0.2) is 43.4 Å². The number of carbonyl (C=O) groups is 1. The van der Waals surface area contributed by atoms with E-state index in [9.17, 15) is 9.18 Å². The normalized spacial score (nSPS) is 16.8. The number of hydrogen-bond donors (Lipinski definition) is 1. The van der Waals surface area contributed by atoms with Crippen molar-refractivity contribution in [3.8, 4) is 0 Å². The van der Waals surface area contributed by atoms with Gasteiger partial charge in [-0.3, -0.25) is 9.69 Å². The zero-order chi connectivity index (χ0) is 13.0. The van der Waals surface area contributed by atoms with Crippen LogP contribution in [0.1, 0.15) is 11.1 Å². The van der Waals surface area contributed by atoms with Crippen LogP contribution in [0.25, 0.3) is 0 Å². The molecule has 0 bridgehead atoms. The van der Waals surface area contributed by atoms with E-state index in [-0.39, 0.29) is 11.6 Å². The van der Waals surface area contributed by atoms with Crippen molar-refractivity contribution in [1.29, 1.82) is 0 Å². The van der Waals surface area contributed by atoms with Crippen LogP contribution in [0.4, 0.5) is 4.39 Å². The minimum Gasteiger partial charge on any atom is -0.314 e. The lowest BCUT2D eigenvalue weighted by Crippen LogP contribution is -2.45. The largest absolute Gasteiger partial charge is 0.314 e. The molecule has 0 radical (unpaired) electrons. The van der Waals surface area contributed by atoms with E-state index in [1.165, 1.54) is 6.07 Å². The van der Waals surface area contributed by atoms with Crippen molar-refractivity contribution in [2.75, 3.05) is 32.7 Å². The minimum absolute atomic E-state index is 0.197. The first-order valence-electron chi connectivity index (χ1n) is 6.35. The number of hydrogen-bond acceptors (Lipinski definition) is 3. The number of aryl methyl sites for hydroxylation is 1. The summed E-state index contributed by atoms with van der Waals surface area (Å²) in [6.45, 7) is 5.96. The summed E-state index contributed by atoms with van der Waals surface area (Å²) in [6, 6.07) is 4.88. The number of halogens is 1. The molecule has 0 aromatic heterocycles. The van der Waals surface area contributed by atoms with E-state index in [2.05, 4.69) is 10.2 Å². The first-order chi connectivity index (χ1) is 8.65. The number of Topliss-reactive ketones (excluding diaryl/α,β-unsaturated/α-hetero) is 1. The predicted molar refractivity (Wildman–Crippen MR) is 69.2 cm³/mol.